The highest BCUT2D eigenvalue weighted by atomic mass is 32.1. The standard InChI is InChI=1S/C6H8N2S/c9-6-4-8-3-1-2-5(8)7-6/h4,9H,1-3H2. The summed E-state index contributed by atoms with van der Waals surface area (Å²) in [5.74, 6) is 1.19. The van der Waals surface area contributed by atoms with Crippen LogP contribution in [0.25, 0.3) is 0 Å². The Labute approximate surface area is 59.3 Å². The fourth-order valence-electron chi connectivity index (χ4n) is 1.24. The monoisotopic (exact) mass is 140 g/mol. The van der Waals surface area contributed by atoms with Crippen LogP contribution in [-0.4, -0.2) is 9.55 Å². The molecule has 2 nitrogen and oxygen atoms in total. The van der Waals surface area contributed by atoms with Crippen LogP contribution in [0.15, 0.2) is 11.2 Å². The Hall–Kier alpha value is -0.440. The van der Waals surface area contributed by atoms with Crippen LogP contribution >= 0.6 is 12.6 Å². The maximum atomic E-state index is 4.22. The zero-order valence-electron chi connectivity index (χ0n) is 5.04. The van der Waals surface area contributed by atoms with E-state index in [2.05, 4.69) is 22.2 Å². The molecule has 0 spiro atoms. The summed E-state index contributed by atoms with van der Waals surface area (Å²) in [7, 11) is 0. The van der Waals surface area contributed by atoms with E-state index in [0.717, 1.165) is 18.0 Å². The molecule has 0 bridgehead atoms. The Bertz CT molecular complexity index is 207. The van der Waals surface area contributed by atoms with Gasteiger partial charge in [-0.15, -0.1) is 12.6 Å². The molecule has 9 heavy (non-hydrogen) atoms. The molecule has 0 saturated heterocycles. The van der Waals surface area contributed by atoms with Crippen LogP contribution in [0, 0.1) is 0 Å². The summed E-state index contributed by atoms with van der Waals surface area (Å²) in [4.78, 5) is 4.22. The Balaban J connectivity index is 2.51. The number of hydrogen-bond donors (Lipinski definition) is 1. The quantitative estimate of drug-likeness (QED) is 0.535. The maximum Gasteiger partial charge on any atom is 0.111 e. The average molecular weight is 140 g/mol. The van der Waals surface area contributed by atoms with Gasteiger partial charge in [-0.25, -0.2) is 4.98 Å². The Kier molecular flexibility index (Phi) is 1.05. The van der Waals surface area contributed by atoms with Crippen molar-refractivity contribution in [2.45, 2.75) is 24.4 Å². The van der Waals surface area contributed by atoms with Crippen LogP contribution in [0.4, 0.5) is 0 Å². The minimum atomic E-state index is 0.852. The second-order valence-electron chi connectivity index (χ2n) is 2.31. The first-order chi connectivity index (χ1) is 4.36. The zero-order valence-corrected chi connectivity index (χ0v) is 5.93. The number of aryl methyl sites for hydroxylation is 2. The van der Waals surface area contributed by atoms with Gasteiger partial charge in [0.1, 0.15) is 10.9 Å². The maximum absolute atomic E-state index is 4.22. The minimum absolute atomic E-state index is 0.852. The van der Waals surface area contributed by atoms with Gasteiger partial charge in [0, 0.05) is 19.2 Å². The Morgan fingerprint density at radius 1 is 1.67 bits per heavy atom. The molecule has 0 aliphatic carbocycles. The second kappa shape index (κ2) is 1.77. The smallest absolute Gasteiger partial charge is 0.111 e. The minimum Gasteiger partial charge on any atom is -0.334 e. The molecular formula is C6H8N2S. The lowest BCUT2D eigenvalue weighted by Gasteiger charge is -1.88. The first-order valence-electron chi connectivity index (χ1n) is 3.11. The molecule has 48 valence electrons. The van der Waals surface area contributed by atoms with Gasteiger partial charge in [0.05, 0.1) is 0 Å². The lowest BCUT2D eigenvalue weighted by Crippen LogP contribution is -1.87. The molecule has 0 radical (unpaired) electrons. The van der Waals surface area contributed by atoms with E-state index in [9.17, 15) is 0 Å². The van der Waals surface area contributed by atoms with E-state index in [1.54, 1.807) is 0 Å². The first-order valence-corrected chi connectivity index (χ1v) is 3.56. The molecule has 0 fully saturated rings. The van der Waals surface area contributed by atoms with E-state index in [0.29, 0.717) is 0 Å². The van der Waals surface area contributed by atoms with Gasteiger partial charge in [0.25, 0.3) is 0 Å². The van der Waals surface area contributed by atoms with Gasteiger partial charge in [0.15, 0.2) is 0 Å². The highest BCUT2D eigenvalue weighted by molar-refractivity contribution is 7.80. The SMILES string of the molecule is Sc1cn2c(n1)CCC2. The molecule has 0 aromatic carbocycles. The molecule has 3 heteroatoms. The topological polar surface area (TPSA) is 17.8 Å². The molecule has 2 rings (SSSR count). The van der Waals surface area contributed by atoms with Gasteiger partial charge in [-0.05, 0) is 6.42 Å². The van der Waals surface area contributed by atoms with Crippen LogP contribution in [0.5, 0.6) is 0 Å². The molecule has 0 atom stereocenters. The highest BCUT2D eigenvalue weighted by Crippen LogP contribution is 2.15. The molecule has 2 heterocycles. The van der Waals surface area contributed by atoms with Crippen molar-refractivity contribution in [1.82, 2.24) is 9.55 Å². The van der Waals surface area contributed by atoms with Gasteiger partial charge in [-0.3, -0.25) is 0 Å². The molecule has 1 aliphatic heterocycles. The summed E-state index contributed by atoms with van der Waals surface area (Å²) >= 11 is 4.13. The van der Waals surface area contributed by atoms with Gasteiger partial charge in [-0.2, -0.15) is 0 Å². The highest BCUT2D eigenvalue weighted by Gasteiger charge is 2.10. The number of imidazole rings is 1. The van der Waals surface area contributed by atoms with Gasteiger partial charge >= 0.3 is 0 Å². The van der Waals surface area contributed by atoms with Crippen LogP contribution in [0.1, 0.15) is 12.2 Å². The summed E-state index contributed by atoms with van der Waals surface area (Å²) in [5, 5.41) is 0.852. The molecule has 0 saturated carbocycles. The number of thiol groups is 1. The van der Waals surface area contributed by atoms with Gasteiger partial charge in [-0.1, -0.05) is 0 Å². The zero-order chi connectivity index (χ0) is 6.27. The van der Waals surface area contributed by atoms with Crippen molar-refractivity contribution >= 4 is 12.6 Å². The lowest BCUT2D eigenvalue weighted by atomic mass is 10.4. The van der Waals surface area contributed by atoms with E-state index in [-0.39, 0.29) is 0 Å². The Morgan fingerprint density at radius 2 is 2.56 bits per heavy atom. The van der Waals surface area contributed by atoms with Crippen LogP contribution in [0.2, 0.25) is 0 Å². The summed E-state index contributed by atoms with van der Waals surface area (Å²) in [5.41, 5.74) is 0. The lowest BCUT2D eigenvalue weighted by molar-refractivity contribution is 0.745. The summed E-state index contributed by atoms with van der Waals surface area (Å²) < 4.78 is 2.17. The van der Waals surface area contributed by atoms with E-state index >= 15 is 0 Å². The third-order valence-corrected chi connectivity index (χ3v) is 1.86. The summed E-state index contributed by atoms with van der Waals surface area (Å²) in [6.07, 6.45) is 4.36. The van der Waals surface area contributed by atoms with Crippen molar-refractivity contribution < 1.29 is 0 Å². The number of hydrogen-bond acceptors (Lipinski definition) is 2. The molecular weight excluding hydrogens is 132 g/mol. The van der Waals surface area contributed by atoms with Crippen LogP contribution < -0.4 is 0 Å². The van der Waals surface area contributed by atoms with E-state index in [4.69, 9.17) is 0 Å². The van der Waals surface area contributed by atoms with Crippen molar-refractivity contribution in [3.63, 3.8) is 0 Å². The molecule has 1 aromatic heterocycles. The molecule has 0 amide bonds. The first kappa shape index (κ1) is 5.35. The summed E-state index contributed by atoms with van der Waals surface area (Å²) in [6, 6.07) is 0. The third-order valence-electron chi connectivity index (χ3n) is 1.65. The van der Waals surface area contributed by atoms with Crippen molar-refractivity contribution in [2.75, 3.05) is 0 Å². The van der Waals surface area contributed by atoms with E-state index < -0.39 is 0 Å². The largest absolute Gasteiger partial charge is 0.334 e. The van der Waals surface area contributed by atoms with Gasteiger partial charge in [0.2, 0.25) is 0 Å². The average Bonchev–Trinajstić information content (AvgIpc) is 2.22. The van der Waals surface area contributed by atoms with Crippen molar-refractivity contribution in [3.05, 3.63) is 12.0 Å². The molecule has 1 aliphatic rings. The Morgan fingerprint density at radius 3 is 3.33 bits per heavy atom. The number of nitrogens with zero attached hydrogens (tertiary/aromatic N) is 2. The third kappa shape index (κ3) is 0.758. The normalized spacial score (nSPS) is 16.1. The van der Waals surface area contributed by atoms with E-state index in [1.807, 2.05) is 6.20 Å². The predicted octanol–water partition coefficient (Wildman–Crippen LogP) is 1.12. The predicted molar refractivity (Wildman–Crippen MR) is 37.8 cm³/mol. The van der Waals surface area contributed by atoms with E-state index in [1.165, 1.54) is 12.2 Å². The second-order valence-corrected chi connectivity index (χ2v) is 2.77. The summed E-state index contributed by atoms with van der Waals surface area (Å²) in [6.45, 7) is 1.13. The fourth-order valence-corrected chi connectivity index (χ4v) is 1.49. The molecule has 0 unspecified atom stereocenters. The number of rotatable bonds is 0. The molecule has 1 aromatic rings. The van der Waals surface area contributed by atoms with Crippen LogP contribution in [0.3, 0.4) is 0 Å². The number of aromatic nitrogens is 2. The number of fused-ring (bicyclic) bond motifs is 1. The van der Waals surface area contributed by atoms with Crippen molar-refractivity contribution in [2.24, 2.45) is 0 Å². The van der Waals surface area contributed by atoms with Crippen molar-refractivity contribution in [1.29, 1.82) is 0 Å². The fraction of sp³-hybridized carbons (Fsp3) is 0.500. The molecule has 0 N–H and O–H groups in total. The van der Waals surface area contributed by atoms with Crippen molar-refractivity contribution in [3.8, 4) is 0 Å². The van der Waals surface area contributed by atoms with Crippen LogP contribution in [-0.2, 0) is 13.0 Å². The van der Waals surface area contributed by atoms with Gasteiger partial charge < -0.3 is 4.57 Å².